The normalized spacial score (nSPS) is 12.8. The predicted octanol–water partition coefficient (Wildman–Crippen LogP) is 3.27. The van der Waals surface area contributed by atoms with Crippen LogP contribution in [0, 0.1) is 5.82 Å². The number of fused-ring (bicyclic) bond motifs is 1. The highest BCUT2D eigenvalue weighted by Crippen LogP contribution is 2.22. The summed E-state index contributed by atoms with van der Waals surface area (Å²) in [6.07, 6.45) is 3.80. The van der Waals surface area contributed by atoms with Crippen LogP contribution in [0.1, 0.15) is 32.5 Å². The van der Waals surface area contributed by atoms with E-state index in [-0.39, 0.29) is 16.9 Å². The Hall–Kier alpha value is -3.73. The monoisotopic (exact) mass is 494 g/mol. The Balaban J connectivity index is 1.49. The van der Waals surface area contributed by atoms with E-state index in [9.17, 15) is 24.2 Å². The summed E-state index contributed by atoms with van der Waals surface area (Å²) in [5, 5.41) is 25.4. The molecule has 0 aliphatic heterocycles. The van der Waals surface area contributed by atoms with Crippen molar-refractivity contribution in [1.29, 1.82) is 0 Å². The molecule has 0 unspecified atom stereocenters. The Kier molecular flexibility index (Phi) is 7.45. The Bertz CT molecular complexity index is 1360. The zero-order valence-electron chi connectivity index (χ0n) is 18.7. The standard InChI is InChI=1S/C25H23FN4O4S/c1-35-17-8-5-15(6-9-17)23(32)20(14-31)29-24(33)16-7-10-18(26)19(12-16)28-25(34)21-13-27-22-4-2-3-11-30(21)22/h2-13,20,23,31-32H,14H2,1H3,(H,28,34)(H,29,33)/t20-,23-/m0/s1. The summed E-state index contributed by atoms with van der Waals surface area (Å²) in [6.45, 7) is -0.518. The second kappa shape index (κ2) is 10.7. The number of pyridine rings is 1. The molecule has 35 heavy (non-hydrogen) atoms. The van der Waals surface area contributed by atoms with Gasteiger partial charge in [-0.2, -0.15) is 0 Å². The average molecular weight is 495 g/mol. The minimum absolute atomic E-state index is 0.0447. The lowest BCUT2D eigenvalue weighted by molar-refractivity contribution is 0.0703. The van der Waals surface area contributed by atoms with E-state index >= 15 is 0 Å². The third-order valence-corrected chi connectivity index (χ3v) is 6.22. The summed E-state index contributed by atoms with van der Waals surface area (Å²) in [4.78, 5) is 30.7. The lowest BCUT2D eigenvalue weighted by atomic mass is 10.0. The molecular weight excluding hydrogens is 471 g/mol. The number of halogens is 1. The number of aliphatic hydroxyl groups excluding tert-OH is 2. The average Bonchev–Trinajstić information content (AvgIpc) is 3.32. The summed E-state index contributed by atoms with van der Waals surface area (Å²) in [5.41, 5.74) is 1.14. The van der Waals surface area contributed by atoms with E-state index in [0.29, 0.717) is 11.2 Å². The number of carbonyl (C=O) groups is 2. The molecule has 2 amide bonds. The number of hydrogen-bond acceptors (Lipinski definition) is 6. The highest BCUT2D eigenvalue weighted by molar-refractivity contribution is 7.98. The van der Waals surface area contributed by atoms with E-state index in [2.05, 4.69) is 15.6 Å². The molecule has 0 spiro atoms. The molecular formula is C25H23FN4O4S. The highest BCUT2D eigenvalue weighted by atomic mass is 32.2. The molecule has 0 saturated heterocycles. The number of benzene rings is 2. The first-order valence-corrected chi connectivity index (χ1v) is 11.9. The molecule has 0 fully saturated rings. The lowest BCUT2D eigenvalue weighted by Crippen LogP contribution is -2.42. The smallest absolute Gasteiger partial charge is 0.274 e. The molecule has 4 rings (SSSR count). The van der Waals surface area contributed by atoms with Crippen molar-refractivity contribution in [2.75, 3.05) is 18.2 Å². The third-order valence-electron chi connectivity index (χ3n) is 5.48. The van der Waals surface area contributed by atoms with Crippen molar-refractivity contribution >= 4 is 34.9 Å². The van der Waals surface area contributed by atoms with Crippen molar-refractivity contribution in [3.63, 3.8) is 0 Å². The van der Waals surface area contributed by atoms with Crippen molar-refractivity contribution in [1.82, 2.24) is 14.7 Å². The fourth-order valence-corrected chi connectivity index (χ4v) is 3.97. The number of aromatic nitrogens is 2. The van der Waals surface area contributed by atoms with E-state index < -0.39 is 36.4 Å². The summed E-state index contributed by atoms with van der Waals surface area (Å²) in [7, 11) is 0. The minimum Gasteiger partial charge on any atom is -0.394 e. The van der Waals surface area contributed by atoms with Gasteiger partial charge in [-0.1, -0.05) is 18.2 Å². The van der Waals surface area contributed by atoms with E-state index in [1.54, 1.807) is 52.7 Å². The van der Waals surface area contributed by atoms with Crippen molar-refractivity contribution in [2.45, 2.75) is 17.0 Å². The summed E-state index contributed by atoms with van der Waals surface area (Å²) >= 11 is 1.55. The summed E-state index contributed by atoms with van der Waals surface area (Å²) < 4.78 is 16.0. The first kappa shape index (κ1) is 24.4. The lowest BCUT2D eigenvalue weighted by Gasteiger charge is -2.23. The fourth-order valence-electron chi connectivity index (χ4n) is 3.56. The van der Waals surface area contributed by atoms with Gasteiger partial charge in [0.05, 0.1) is 24.5 Å². The zero-order valence-corrected chi connectivity index (χ0v) is 19.5. The van der Waals surface area contributed by atoms with Gasteiger partial charge in [0.25, 0.3) is 11.8 Å². The molecule has 2 aromatic heterocycles. The maximum Gasteiger partial charge on any atom is 0.274 e. The first-order chi connectivity index (χ1) is 16.9. The number of anilines is 1. The maximum atomic E-state index is 14.4. The van der Waals surface area contributed by atoms with Gasteiger partial charge >= 0.3 is 0 Å². The summed E-state index contributed by atoms with van der Waals surface area (Å²) in [5.74, 6) is -1.97. The van der Waals surface area contributed by atoms with Crippen LogP contribution >= 0.6 is 11.8 Å². The van der Waals surface area contributed by atoms with Crippen molar-refractivity contribution in [2.24, 2.45) is 0 Å². The van der Waals surface area contributed by atoms with Crippen molar-refractivity contribution in [3.8, 4) is 0 Å². The van der Waals surface area contributed by atoms with Crippen molar-refractivity contribution < 1.29 is 24.2 Å². The molecule has 0 saturated carbocycles. The van der Waals surface area contributed by atoms with Gasteiger partial charge in [0.2, 0.25) is 0 Å². The van der Waals surface area contributed by atoms with Gasteiger partial charge in [-0.05, 0) is 54.3 Å². The largest absolute Gasteiger partial charge is 0.394 e. The SMILES string of the molecule is CSc1ccc([C@H](O)[C@H](CO)NC(=O)c2ccc(F)c(NC(=O)c3cnc4ccccn34)c2)cc1. The topological polar surface area (TPSA) is 116 Å². The van der Waals surface area contributed by atoms with Gasteiger partial charge < -0.3 is 20.8 Å². The molecule has 180 valence electrons. The van der Waals surface area contributed by atoms with Crippen LogP contribution in [0.5, 0.6) is 0 Å². The number of aliphatic hydroxyl groups is 2. The number of carbonyl (C=O) groups excluding carboxylic acids is 2. The van der Waals surface area contributed by atoms with Crippen LogP contribution in [-0.4, -0.2) is 50.3 Å². The zero-order chi connectivity index (χ0) is 24.9. The Labute approximate surface area is 204 Å². The molecule has 2 aromatic carbocycles. The van der Waals surface area contributed by atoms with Gasteiger partial charge in [0.1, 0.15) is 23.3 Å². The number of rotatable bonds is 8. The number of amides is 2. The van der Waals surface area contributed by atoms with Crippen LogP contribution in [0.2, 0.25) is 0 Å². The van der Waals surface area contributed by atoms with E-state index in [0.717, 1.165) is 11.0 Å². The first-order valence-electron chi connectivity index (χ1n) is 10.7. The number of hydrogen-bond donors (Lipinski definition) is 4. The molecule has 0 aliphatic rings. The third kappa shape index (κ3) is 5.35. The molecule has 2 atom stereocenters. The minimum atomic E-state index is -1.16. The Morgan fingerprint density at radius 3 is 2.60 bits per heavy atom. The molecule has 2 heterocycles. The van der Waals surface area contributed by atoms with Gasteiger partial charge in [-0.15, -0.1) is 11.8 Å². The number of nitrogens with zero attached hydrogens (tertiary/aromatic N) is 2. The number of nitrogens with one attached hydrogen (secondary N) is 2. The van der Waals surface area contributed by atoms with Crippen LogP contribution < -0.4 is 10.6 Å². The second-order valence-corrected chi connectivity index (χ2v) is 8.58. The molecule has 10 heteroatoms. The van der Waals surface area contributed by atoms with Gasteiger partial charge in [-0.3, -0.25) is 14.0 Å². The molecule has 8 nitrogen and oxygen atoms in total. The Morgan fingerprint density at radius 2 is 1.89 bits per heavy atom. The van der Waals surface area contributed by atoms with Crippen LogP contribution in [-0.2, 0) is 0 Å². The van der Waals surface area contributed by atoms with Crippen LogP contribution in [0.15, 0.2) is 78.0 Å². The van der Waals surface area contributed by atoms with Crippen LogP contribution in [0.3, 0.4) is 0 Å². The number of thioether (sulfide) groups is 1. The Morgan fingerprint density at radius 1 is 1.11 bits per heavy atom. The molecule has 0 radical (unpaired) electrons. The molecule has 4 N–H and O–H groups in total. The van der Waals surface area contributed by atoms with Gasteiger partial charge in [-0.25, -0.2) is 9.37 Å². The quantitative estimate of drug-likeness (QED) is 0.280. The number of imidazole rings is 1. The highest BCUT2D eigenvalue weighted by Gasteiger charge is 2.24. The fraction of sp³-hybridized carbons (Fsp3) is 0.160. The van der Waals surface area contributed by atoms with Crippen molar-refractivity contribution in [3.05, 3.63) is 95.7 Å². The van der Waals surface area contributed by atoms with Crippen LogP contribution in [0.4, 0.5) is 10.1 Å². The predicted molar refractivity (Wildman–Crippen MR) is 131 cm³/mol. The van der Waals surface area contributed by atoms with Crippen LogP contribution in [0.25, 0.3) is 5.65 Å². The summed E-state index contributed by atoms with van der Waals surface area (Å²) in [6, 6.07) is 14.9. The van der Waals surface area contributed by atoms with Gasteiger partial charge in [0.15, 0.2) is 0 Å². The molecule has 0 bridgehead atoms. The van der Waals surface area contributed by atoms with E-state index in [4.69, 9.17) is 0 Å². The maximum absolute atomic E-state index is 14.4. The van der Waals surface area contributed by atoms with E-state index in [1.165, 1.54) is 18.3 Å². The van der Waals surface area contributed by atoms with E-state index in [1.807, 2.05) is 18.4 Å². The second-order valence-electron chi connectivity index (χ2n) is 7.70. The molecule has 4 aromatic rings. The molecule has 0 aliphatic carbocycles. The van der Waals surface area contributed by atoms with Gasteiger partial charge in [0, 0.05) is 16.7 Å².